The lowest BCUT2D eigenvalue weighted by Gasteiger charge is -2.06. The molecule has 1 rings (SSSR count). The Labute approximate surface area is 123 Å². The second-order valence-corrected chi connectivity index (χ2v) is 4.44. The van der Waals surface area contributed by atoms with Crippen molar-refractivity contribution in [2.75, 3.05) is 0 Å². The maximum atomic E-state index is 11.5. The predicted octanol–water partition coefficient (Wildman–Crippen LogP) is 3.18. The Balaban J connectivity index is 2.35. The molecule has 0 aliphatic heterocycles. The molecule has 0 radical (unpaired) electrons. The first kappa shape index (κ1) is 16.7. The summed E-state index contributed by atoms with van der Waals surface area (Å²) in [6.45, 7) is 1.99. The van der Waals surface area contributed by atoms with Crippen LogP contribution in [-0.2, 0) is 27.6 Å². The number of rotatable bonds is 9. The Morgan fingerprint density at radius 2 is 2.05 bits per heavy atom. The minimum atomic E-state index is -0.836. The Hall–Kier alpha value is -2.37. The van der Waals surface area contributed by atoms with Crippen molar-refractivity contribution < 1.29 is 19.5 Å². The van der Waals surface area contributed by atoms with Gasteiger partial charge in [-0.25, -0.2) is 0 Å². The number of hydrogen-bond acceptors (Lipinski definition) is 5. The van der Waals surface area contributed by atoms with Crippen molar-refractivity contribution in [3.05, 3.63) is 57.7 Å². The molecule has 0 atom stereocenters. The van der Waals surface area contributed by atoms with E-state index in [4.69, 9.17) is 4.74 Å². The molecule has 0 heterocycles. The van der Waals surface area contributed by atoms with Crippen LogP contribution in [0, 0.1) is 10.1 Å². The van der Waals surface area contributed by atoms with E-state index in [2.05, 4.69) is 4.84 Å². The van der Waals surface area contributed by atoms with Gasteiger partial charge in [-0.1, -0.05) is 36.4 Å². The molecule has 0 saturated heterocycles. The zero-order valence-corrected chi connectivity index (χ0v) is 12.0. The molecule has 21 heavy (non-hydrogen) atoms. The monoisotopic (exact) mass is 293 g/mol. The van der Waals surface area contributed by atoms with Gasteiger partial charge in [0.1, 0.15) is 13.2 Å². The number of unbranched alkanes of at least 4 members (excludes halogenated alkanes) is 1. The number of allylic oxidation sites excluding steroid dienone is 2. The van der Waals surface area contributed by atoms with Gasteiger partial charge in [0, 0.05) is 6.42 Å². The zero-order valence-electron chi connectivity index (χ0n) is 12.0. The van der Waals surface area contributed by atoms with Crippen LogP contribution in [0.5, 0.6) is 0 Å². The Morgan fingerprint density at radius 3 is 2.71 bits per heavy atom. The molecule has 114 valence electrons. The van der Waals surface area contributed by atoms with Crippen molar-refractivity contribution >= 4 is 5.97 Å². The lowest BCUT2D eigenvalue weighted by Crippen LogP contribution is -2.05. The Kier molecular flexibility index (Phi) is 7.56. The second kappa shape index (κ2) is 9.52. The fourth-order valence-corrected chi connectivity index (χ4v) is 1.70. The van der Waals surface area contributed by atoms with Gasteiger partial charge in [0.15, 0.2) is 0 Å². The molecule has 0 spiro atoms. The molecule has 0 unspecified atom stereocenters. The molecule has 0 bridgehead atoms. The number of carbonyl (C=O) groups excluding carboxylic acids is 1. The van der Waals surface area contributed by atoms with E-state index in [0.717, 1.165) is 18.4 Å². The maximum absolute atomic E-state index is 11.5. The van der Waals surface area contributed by atoms with E-state index in [0.29, 0.717) is 12.0 Å². The van der Waals surface area contributed by atoms with Gasteiger partial charge >= 0.3 is 5.97 Å². The van der Waals surface area contributed by atoms with Gasteiger partial charge in [0.25, 0.3) is 5.09 Å². The molecule has 0 aliphatic rings. The first-order valence-corrected chi connectivity index (χ1v) is 6.73. The summed E-state index contributed by atoms with van der Waals surface area (Å²) in [5.41, 5.74) is 1.44. The summed E-state index contributed by atoms with van der Waals surface area (Å²) in [6, 6.07) is 6.97. The first-order valence-electron chi connectivity index (χ1n) is 6.73. The van der Waals surface area contributed by atoms with Crippen molar-refractivity contribution in [1.82, 2.24) is 0 Å². The van der Waals surface area contributed by atoms with Gasteiger partial charge in [-0.15, -0.1) is 10.1 Å². The molecular weight excluding hydrogens is 274 g/mol. The van der Waals surface area contributed by atoms with Crippen molar-refractivity contribution in [1.29, 1.82) is 0 Å². The molecule has 0 aliphatic carbocycles. The standard InChI is InChI=1S/C15H19NO5/c1-2-3-4-5-9-15(17)20-11-13-7-6-8-14(10-13)12-21-16(18)19/h2-3,6-8,10H,4-5,9,11-12H2,1H3. The minimum Gasteiger partial charge on any atom is -0.461 e. The number of esters is 1. The van der Waals surface area contributed by atoms with E-state index in [-0.39, 0.29) is 19.2 Å². The van der Waals surface area contributed by atoms with E-state index in [9.17, 15) is 14.9 Å². The van der Waals surface area contributed by atoms with Crippen LogP contribution in [0.25, 0.3) is 0 Å². The highest BCUT2D eigenvalue weighted by Crippen LogP contribution is 2.09. The molecule has 0 fully saturated rings. The summed E-state index contributed by atoms with van der Waals surface area (Å²) in [4.78, 5) is 25.9. The highest BCUT2D eigenvalue weighted by molar-refractivity contribution is 5.69. The van der Waals surface area contributed by atoms with Crippen molar-refractivity contribution in [2.45, 2.75) is 39.4 Å². The van der Waals surface area contributed by atoms with Gasteiger partial charge < -0.3 is 9.57 Å². The molecule has 1 aromatic rings. The second-order valence-electron chi connectivity index (χ2n) is 4.44. The van der Waals surface area contributed by atoms with Gasteiger partial charge in [-0.2, -0.15) is 0 Å². The van der Waals surface area contributed by atoms with Crippen LogP contribution in [0.3, 0.4) is 0 Å². The molecule has 6 heteroatoms. The summed E-state index contributed by atoms with van der Waals surface area (Å²) >= 11 is 0. The van der Waals surface area contributed by atoms with E-state index < -0.39 is 5.09 Å². The lowest BCUT2D eigenvalue weighted by molar-refractivity contribution is -0.763. The topological polar surface area (TPSA) is 78.7 Å². The molecule has 0 aromatic heterocycles. The average molecular weight is 293 g/mol. The van der Waals surface area contributed by atoms with Crippen molar-refractivity contribution in [3.8, 4) is 0 Å². The van der Waals surface area contributed by atoms with Crippen LogP contribution in [-0.4, -0.2) is 11.1 Å². The minimum absolute atomic E-state index is 0.113. The smallest absolute Gasteiger partial charge is 0.306 e. The summed E-state index contributed by atoms with van der Waals surface area (Å²) < 4.78 is 5.15. The summed E-state index contributed by atoms with van der Waals surface area (Å²) in [5.74, 6) is -0.244. The van der Waals surface area contributed by atoms with Gasteiger partial charge in [0.2, 0.25) is 0 Å². The molecule has 0 amide bonds. The maximum Gasteiger partial charge on any atom is 0.306 e. The largest absolute Gasteiger partial charge is 0.461 e. The van der Waals surface area contributed by atoms with E-state index >= 15 is 0 Å². The first-order chi connectivity index (χ1) is 10.1. The average Bonchev–Trinajstić information content (AvgIpc) is 2.48. The number of ether oxygens (including phenoxy) is 1. The van der Waals surface area contributed by atoms with Gasteiger partial charge in [-0.05, 0) is 30.9 Å². The van der Waals surface area contributed by atoms with E-state index in [1.165, 1.54) is 0 Å². The highest BCUT2D eigenvalue weighted by Gasteiger charge is 2.04. The van der Waals surface area contributed by atoms with Crippen LogP contribution >= 0.6 is 0 Å². The zero-order chi connectivity index (χ0) is 15.5. The third-order valence-electron chi connectivity index (χ3n) is 2.72. The lowest BCUT2D eigenvalue weighted by atomic mass is 10.1. The third kappa shape index (κ3) is 7.71. The Morgan fingerprint density at radius 1 is 1.33 bits per heavy atom. The molecule has 6 nitrogen and oxygen atoms in total. The fraction of sp³-hybridized carbons (Fsp3) is 0.400. The van der Waals surface area contributed by atoms with Crippen LogP contribution in [0.1, 0.15) is 37.3 Å². The normalized spacial score (nSPS) is 10.5. The van der Waals surface area contributed by atoms with Crippen LogP contribution in [0.4, 0.5) is 0 Å². The predicted molar refractivity (Wildman–Crippen MR) is 76.7 cm³/mol. The molecule has 1 aromatic carbocycles. The van der Waals surface area contributed by atoms with Crippen molar-refractivity contribution in [3.63, 3.8) is 0 Å². The molecular formula is C15H19NO5. The van der Waals surface area contributed by atoms with E-state index in [1.807, 2.05) is 19.1 Å². The van der Waals surface area contributed by atoms with E-state index in [1.54, 1.807) is 24.3 Å². The SMILES string of the molecule is CC=CCCCC(=O)OCc1cccc(CO[N+](=O)[O-])c1. The quantitative estimate of drug-likeness (QED) is 0.230. The fourth-order valence-electron chi connectivity index (χ4n) is 1.70. The van der Waals surface area contributed by atoms with Gasteiger partial charge in [0.05, 0.1) is 0 Å². The van der Waals surface area contributed by atoms with Crippen molar-refractivity contribution in [2.24, 2.45) is 0 Å². The third-order valence-corrected chi connectivity index (χ3v) is 2.72. The summed E-state index contributed by atoms with van der Waals surface area (Å²) in [5, 5.41) is 9.29. The number of benzene rings is 1. The number of hydrogen-bond donors (Lipinski definition) is 0. The summed E-state index contributed by atoms with van der Waals surface area (Å²) in [7, 11) is 0. The van der Waals surface area contributed by atoms with Gasteiger partial charge in [-0.3, -0.25) is 4.79 Å². The highest BCUT2D eigenvalue weighted by atomic mass is 16.9. The Bertz CT molecular complexity index is 499. The van der Waals surface area contributed by atoms with Crippen LogP contribution in [0.2, 0.25) is 0 Å². The number of nitrogens with zero attached hydrogens (tertiary/aromatic N) is 1. The molecule has 0 saturated carbocycles. The number of carbonyl (C=O) groups is 1. The molecule has 0 N–H and O–H groups in total. The van der Waals surface area contributed by atoms with Crippen LogP contribution < -0.4 is 0 Å². The summed E-state index contributed by atoms with van der Waals surface area (Å²) in [6.07, 6.45) is 5.96. The van der Waals surface area contributed by atoms with Crippen LogP contribution in [0.15, 0.2) is 36.4 Å².